The number of methoxy groups -OCH3 is 1. The van der Waals surface area contributed by atoms with Crippen LogP contribution in [0.25, 0.3) is 10.2 Å². The highest BCUT2D eigenvalue weighted by molar-refractivity contribution is 7.22. The zero-order chi connectivity index (χ0) is 21.6. The monoisotopic (exact) mass is 441 g/mol. The number of ether oxygens (including phenoxy) is 3. The van der Waals surface area contributed by atoms with Gasteiger partial charge in [0.05, 0.1) is 30.5 Å². The fraction of sp³-hybridized carbons (Fsp3) is 0.391. The van der Waals surface area contributed by atoms with E-state index in [2.05, 4.69) is 17.9 Å². The van der Waals surface area contributed by atoms with E-state index in [0.717, 1.165) is 48.8 Å². The molecule has 0 radical (unpaired) electrons. The van der Waals surface area contributed by atoms with Crippen LogP contribution in [-0.4, -0.2) is 68.9 Å². The van der Waals surface area contributed by atoms with Gasteiger partial charge in [0.1, 0.15) is 11.5 Å². The highest BCUT2D eigenvalue weighted by Gasteiger charge is 2.22. The SMILES string of the molecule is COc1ccc(OCC(=O)N(CCN2CCOCC2)c2nc3ccc(C)cc3s2)cc1. The van der Waals surface area contributed by atoms with Gasteiger partial charge in [0.25, 0.3) is 5.91 Å². The Morgan fingerprint density at radius 2 is 1.90 bits per heavy atom. The summed E-state index contributed by atoms with van der Waals surface area (Å²) in [5, 5.41) is 0.706. The lowest BCUT2D eigenvalue weighted by Crippen LogP contribution is -2.44. The van der Waals surface area contributed by atoms with E-state index in [1.807, 2.05) is 24.3 Å². The van der Waals surface area contributed by atoms with Gasteiger partial charge in [0, 0.05) is 26.2 Å². The molecule has 164 valence electrons. The van der Waals surface area contributed by atoms with Gasteiger partial charge in [-0.1, -0.05) is 17.4 Å². The number of rotatable bonds is 8. The lowest BCUT2D eigenvalue weighted by Gasteiger charge is -2.29. The van der Waals surface area contributed by atoms with Gasteiger partial charge in [-0.3, -0.25) is 14.6 Å². The van der Waals surface area contributed by atoms with Gasteiger partial charge in [0.2, 0.25) is 0 Å². The van der Waals surface area contributed by atoms with Gasteiger partial charge in [-0.25, -0.2) is 4.98 Å². The first-order valence-electron chi connectivity index (χ1n) is 10.4. The maximum Gasteiger partial charge on any atom is 0.266 e. The van der Waals surface area contributed by atoms with Crippen LogP contribution in [0.1, 0.15) is 5.56 Å². The van der Waals surface area contributed by atoms with Crippen molar-refractivity contribution in [2.45, 2.75) is 6.92 Å². The Labute approximate surface area is 186 Å². The van der Waals surface area contributed by atoms with Crippen LogP contribution < -0.4 is 14.4 Å². The van der Waals surface area contributed by atoms with Crippen molar-refractivity contribution >= 4 is 32.6 Å². The van der Waals surface area contributed by atoms with Crippen molar-refractivity contribution in [1.82, 2.24) is 9.88 Å². The Kier molecular flexibility index (Phi) is 7.01. The molecule has 2 aromatic carbocycles. The van der Waals surface area contributed by atoms with E-state index in [9.17, 15) is 4.79 Å². The minimum absolute atomic E-state index is 0.0512. The maximum absolute atomic E-state index is 13.2. The molecule has 1 fully saturated rings. The highest BCUT2D eigenvalue weighted by Crippen LogP contribution is 2.30. The molecule has 1 aliphatic rings. The summed E-state index contributed by atoms with van der Waals surface area (Å²) in [6, 6.07) is 13.4. The molecule has 0 aliphatic carbocycles. The number of aryl methyl sites for hydroxylation is 1. The Hall–Kier alpha value is -2.68. The summed E-state index contributed by atoms with van der Waals surface area (Å²) >= 11 is 1.54. The molecule has 7 nitrogen and oxygen atoms in total. The van der Waals surface area contributed by atoms with E-state index in [1.165, 1.54) is 16.9 Å². The molecule has 0 atom stereocenters. The van der Waals surface area contributed by atoms with E-state index in [1.54, 1.807) is 24.1 Å². The molecule has 31 heavy (non-hydrogen) atoms. The number of morpholine rings is 1. The molecule has 4 rings (SSSR count). The zero-order valence-electron chi connectivity index (χ0n) is 17.9. The summed E-state index contributed by atoms with van der Waals surface area (Å²) < 4.78 is 17.4. The predicted octanol–water partition coefficient (Wildman–Crippen LogP) is 3.36. The molecule has 0 bridgehead atoms. The standard InChI is InChI=1S/C23H27N3O4S/c1-17-3-8-20-21(15-17)31-23(24-20)26(10-9-25-11-13-29-14-12-25)22(27)16-30-19-6-4-18(28-2)5-7-19/h3-8,15H,9-14,16H2,1-2H3. The van der Waals surface area contributed by atoms with Gasteiger partial charge in [-0.2, -0.15) is 0 Å². The molecule has 1 aromatic heterocycles. The zero-order valence-corrected chi connectivity index (χ0v) is 18.7. The topological polar surface area (TPSA) is 64.1 Å². The third-order valence-electron chi connectivity index (χ3n) is 5.23. The second-order valence-corrected chi connectivity index (χ2v) is 8.44. The average molecular weight is 442 g/mol. The molecule has 1 aliphatic heterocycles. The Balaban J connectivity index is 1.48. The number of benzene rings is 2. The molecule has 1 saturated heterocycles. The van der Waals surface area contributed by atoms with Gasteiger partial charge >= 0.3 is 0 Å². The number of anilines is 1. The number of carbonyl (C=O) groups is 1. The van der Waals surface area contributed by atoms with Crippen LogP contribution in [0, 0.1) is 6.92 Å². The molecular weight excluding hydrogens is 414 g/mol. The van der Waals surface area contributed by atoms with Gasteiger partial charge in [0.15, 0.2) is 11.7 Å². The molecule has 1 amide bonds. The smallest absolute Gasteiger partial charge is 0.266 e. The van der Waals surface area contributed by atoms with Crippen molar-refractivity contribution in [2.24, 2.45) is 0 Å². The molecule has 8 heteroatoms. The highest BCUT2D eigenvalue weighted by atomic mass is 32.1. The lowest BCUT2D eigenvalue weighted by atomic mass is 10.2. The average Bonchev–Trinajstić information content (AvgIpc) is 3.21. The van der Waals surface area contributed by atoms with Crippen LogP contribution >= 0.6 is 11.3 Å². The van der Waals surface area contributed by atoms with E-state index >= 15 is 0 Å². The predicted molar refractivity (Wildman–Crippen MR) is 122 cm³/mol. The second-order valence-electron chi connectivity index (χ2n) is 7.43. The van der Waals surface area contributed by atoms with Crippen LogP contribution in [0.3, 0.4) is 0 Å². The molecule has 0 N–H and O–H groups in total. The molecule has 2 heterocycles. The number of nitrogens with zero attached hydrogens (tertiary/aromatic N) is 3. The summed E-state index contributed by atoms with van der Waals surface area (Å²) in [5.41, 5.74) is 2.09. The Morgan fingerprint density at radius 1 is 1.16 bits per heavy atom. The summed E-state index contributed by atoms with van der Waals surface area (Å²) in [4.78, 5) is 21.9. The normalized spacial score (nSPS) is 14.5. The van der Waals surface area contributed by atoms with Crippen LogP contribution in [0.2, 0.25) is 0 Å². The van der Waals surface area contributed by atoms with E-state index in [4.69, 9.17) is 19.2 Å². The van der Waals surface area contributed by atoms with Gasteiger partial charge in [-0.05, 0) is 48.9 Å². The van der Waals surface area contributed by atoms with E-state index < -0.39 is 0 Å². The van der Waals surface area contributed by atoms with Crippen LogP contribution in [-0.2, 0) is 9.53 Å². The largest absolute Gasteiger partial charge is 0.497 e. The van der Waals surface area contributed by atoms with Crippen molar-refractivity contribution < 1.29 is 19.0 Å². The number of fused-ring (bicyclic) bond motifs is 1. The van der Waals surface area contributed by atoms with Crippen molar-refractivity contribution in [3.8, 4) is 11.5 Å². The number of hydrogen-bond donors (Lipinski definition) is 0. The summed E-state index contributed by atoms with van der Waals surface area (Å²) in [6.45, 7) is 6.56. The quantitative estimate of drug-likeness (QED) is 0.534. The summed E-state index contributed by atoms with van der Waals surface area (Å²) in [5.74, 6) is 1.26. The van der Waals surface area contributed by atoms with Crippen molar-refractivity contribution in [3.05, 3.63) is 48.0 Å². The molecule has 0 unspecified atom stereocenters. The third-order valence-corrected chi connectivity index (χ3v) is 6.27. The first-order valence-corrected chi connectivity index (χ1v) is 11.2. The molecule has 0 saturated carbocycles. The van der Waals surface area contributed by atoms with Gasteiger partial charge in [-0.15, -0.1) is 0 Å². The molecule has 3 aromatic rings. The fourth-order valence-electron chi connectivity index (χ4n) is 3.42. The van der Waals surface area contributed by atoms with Crippen molar-refractivity contribution in [2.75, 3.05) is 58.0 Å². The number of aromatic nitrogens is 1. The van der Waals surface area contributed by atoms with Crippen LogP contribution in [0.5, 0.6) is 11.5 Å². The number of hydrogen-bond acceptors (Lipinski definition) is 7. The first kappa shape index (κ1) is 21.5. The Morgan fingerprint density at radius 3 is 2.65 bits per heavy atom. The van der Waals surface area contributed by atoms with E-state index in [-0.39, 0.29) is 12.5 Å². The molecular formula is C23H27N3O4S. The maximum atomic E-state index is 13.2. The van der Waals surface area contributed by atoms with Crippen LogP contribution in [0.15, 0.2) is 42.5 Å². The molecule has 0 spiro atoms. The first-order chi connectivity index (χ1) is 15.1. The summed E-state index contributed by atoms with van der Waals surface area (Å²) in [6.07, 6.45) is 0. The minimum Gasteiger partial charge on any atom is -0.497 e. The van der Waals surface area contributed by atoms with E-state index in [0.29, 0.717) is 17.4 Å². The number of thiazole rings is 1. The third kappa shape index (κ3) is 5.52. The second kappa shape index (κ2) is 10.1. The number of amides is 1. The fourth-order valence-corrected chi connectivity index (χ4v) is 4.53. The van der Waals surface area contributed by atoms with Crippen molar-refractivity contribution in [3.63, 3.8) is 0 Å². The lowest BCUT2D eigenvalue weighted by molar-refractivity contribution is -0.120. The summed E-state index contributed by atoms with van der Waals surface area (Å²) in [7, 11) is 1.62. The Bertz CT molecular complexity index is 1020. The van der Waals surface area contributed by atoms with Crippen LogP contribution in [0.4, 0.5) is 5.13 Å². The van der Waals surface area contributed by atoms with Crippen molar-refractivity contribution in [1.29, 1.82) is 0 Å². The van der Waals surface area contributed by atoms with Gasteiger partial charge < -0.3 is 14.2 Å². The minimum atomic E-state index is -0.111. The number of carbonyl (C=O) groups excluding carboxylic acids is 1.